The number of aromatic hydroxyl groups is 1. The van der Waals surface area contributed by atoms with Crippen LogP contribution in [0, 0.1) is 0 Å². The van der Waals surface area contributed by atoms with Crippen molar-refractivity contribution in [3.05, 3.63) is 30.2 Å². The minimum Gasteiger partial charge on any atom is -0.504 e. The Kier molecular flexibility index (Phi) is 2.03. The molecule has 20 heavy (non-hydrogen) atoms. The molecule has 0 spiro atoms. The van der Waals surface area contributed by atoms with E-state index in [1.807, 2.05) is 0 Å². The Balaban J connectivity index is 2.10. The lowest BCUT2D eigenvalue weighted by Crippen LogP contribution is -2.13. The van der Waals surface area contributed by atoms with Crippen LogP contribution in [0.2, 0.25) is 0 Å². The second kappa shape index (κ2) is 3.56. The summed E-state index contributed by atoms with van der Waals surface area (Å²) in [6.45, 7) is 0. The first-order chi connectivity index (χ1) is 9.62. The highest BCUT2D eigenvalue weighted by Crippen LogP contribution is 2.56. The van der Waals surface area contributed by atoms with Crippen LogP contribution in [-0.2, 0) is 10.2 Å². The van der Waals surface area contributed by atoms with E-state index in [1.165, 1.54) is 12.5 Å². The van der Waals surface area contributed by atoms with Crippen LogP contribution < -0.4 is 0 Å². The first-order valence-corrected chi connectivity index (χ1v) is 6.44. The van der Waals surface area contributed by atoms with Crippen LogP contribution in [0.25, 0.3) is 21.9 Å². The summed E-state index contributed by atoms with van der Waals surface area (Å²) in [4.78, 5) is 11.1. The summed E-state index contributed by atoms with van der Waals surface area (Å²) >= 11 is 0. The number of carboxylic acids is 1. The largest absolute Gasteiger partial charge is 0.504 e. The molecule has 1 aromatic carbocycles. The molecule has 0 atom stereocenters. The average Bonchev–Trinajstić information content (AvgIpc) is 2.85. The standard InChI is InChI=1S/C15H12O5/c16-10(17)7-15(3-4-15)11-8-1-5-20-14(8)12(18)9-2-6-19-13(9)11/h1-2,5-6,18H,3-4,7H2,(H,16,17). The number of phenolic OH excluding ortho intramolecular Hbond substituents is 1. The van der Waals surface area contributed by atoms with Gasteiger partial charge in [-0.2, -0.15) is 0 Å². The third-order valence-electron chi connectivity index (χ3n) is 4.17. The molecular weight excluding hydrogens is 260 g/mol. The van der Waals surface area contributed by atoms with Gasteiger partial charge in [0.1, 0.15) is 5.58 Å². The fourth-order valence-corrected chi connectivity index (χ4v) is 3.11. The van der Waals surface area contributed by atoms with Gasteiger partial charge in [0.2, 0.25) is 0 Å². The van der Waals surface area contributed by atoms with Gasteiger partial charge in [0.25, 0.3) is 0 Å². The first kappa shape index (κ1) is 11.4. The maximum absolute atomic E-state index is 11.1. The van der Waals surface area contributed by atoms with Gasteiger partial charge in [-0.15, -0.1) is 0 Å². The van der Waals surface area contributed by atoms with Gasteiger partial charge in [-0.3, -0.25) is 4.79 Å². The van der Waals surface area contributed by atoms with Crippen molar-refractivity contribution < 1.29 is 23.8 Å². The van der Waals surface area contributed by atoms with Crippen LogP contribution in [0.5, 0.6) is 5.75 Å². The maximum atomic E-state index is 11.1. The normalized spacial score (nSPS) is 16.8. The summed E-state index contributed by atoms with van der Waals surface area (Å²) < 4.78 is 10.9. The Bertz CT molecular complexity index is 783. The fraction of sp³-hybridized carbons (Fsp3) is 0.267. The van der Waals surface area contributed by atoms with Crippen molar-refractivity contribution in [3.63, 3.8) is 0 Å². The highest BCUT2D eigenvalue weighted by molar-refractivity contribution is 6.05. The molecule has 1 saturated carbocycles. The summed E-state index contributed by atoms with van der Waals surface area (Å²) in [7, 11) is 0. The third kappa shape index (κ3) is 1.35. The number of benzene rings is 1. The van der Waals surface area contributed by atoms with Gasteiger partial charge in [0.05, 0.1) is 24.3 Å². The molecule has 5 nitrogen and oxygen atoms in total. The number of aliphatic carboxylic acids is 1. The molecule has 4 rings (SSSR count). The molecule has 2 heterocycles. The number of fused-ring (bicyclic) bond motifs is 2. The van der Waals surface area contributed by atoms with Crippen molar-refractivity contribution in [2.45, 2.75) is 24.7 Å². The van der Waals surface area contributed by atoms with Crippen LogP contribution in [0.15, 0.2) is 33.5 Å². The molecule has 1 fully saturated rings. The molecule has 0 radical (unpaired) electrons. The van der Waals surface area contributed by atoms with E-state index in [9.17, 15) is 9.90 Å². The van der Waals surface area contributed by atoms with Crippen LogP contribution >= 0.6 is 0 Å². The number of carbonyl (C=O) groups is 1. The van der Waals surface area contributed by atoms with Gasteiger partial charge >= 0.3 is 5.97 Å². The predicted octanol–water partition coefficient (Wildman–Crippen LogP) is 3.39. The van der Waals surface area contributed by atoms with Gasteiger partial charge in [-0.05, 0) is 25.0 Å². The van der Waals surface area contributed by atoms with Gasteiger partial charge in [0.15, 0.2) is 11.3 Å². The maximum Gasteiger partial charge on any atom is 0.304 e. The summed E-state index contributed by atoms with van der Waals surface area (Å²) in [5, 5.41) is 20.7. The first-order valence-electron chi connectivity index (χ1n) is 6.44. The van der Waals surface area contributed by atoms with E-state index in [4.69, 9.17) is 13.9 Å². The monoisotopic (exact) mass is 272 g/mol. The second-order valence-electron chi connectivity index (χ2n) is 5.40. The number of hydrogen-bond donors (Lipinski definition) is 2. The lowest BCUT2D eigenvalue weighted by atomic mass is 9.88. The number of furan rings is 2. The fourth-order valence-electron chi connectivity index (χ4n) is 3.11. The highest BCUT2D eigenvalue weighted by atomic mass is 16.4. The molecule has 2 aromatic heterocycles. The topological polar surface area (TPSA) is 83.8 Å². The molecule has 1 aliphatic rings. The SMILES string of the molecule is O=C(O)CC1(c2c3ccoc3c(O)c3ccoc23)CC1. The van der Waals surface area contributed by atoms with E-state index in [2.05, 4.69) is 0 Å². The number of hydrogen-bond acceptors (Lipinski definition) is 4. The summed E-state index contributed by atoms with van der Waals surface area (Å²) in [6.07, 6.45) is 4.68. The summed E-state index contributed by atoms with van der Waals surface area (Å²) in [6, 6.07) is 3.43. The molecule has 102 valence electrons. The third-order valence-corrected chi connectivity index (χ3v) is 4.17. The Morgan fingerprint density at radius 1 is 1.15 bits per heavy atom. The molecular formula is C15H12O5. The molecule has 0 unspecified atom stereocenters. The van der Waals surface area contributed by atoms with Gasteiger partial charge in [-0.25, -0.2) is 0 Å². The Morgan fingerprint density at radius 3 is 2.45 bits per heavy atom. The lowest BCUT2D eigenvalue weighted by molar-refractivity contribution is -0.137. The van der Waals surface area contributed by atoms with E-state index in [-0.39, 0.29) is 12.2 Å². The zero-order valence-electron chi connectivity index (χ0n) is 10.5. The van der Waals surface area contributed by atoms with Crippen molar-refractivity contribution in [3.8, 4) is 5.75 Å². The van der Waals surface area contributed by atoms with E-state index < -0.39 is 11.4 Å². The van der Waals surface area contributed by atoms with E-state index in [0.29, 0.717) is 16.6 Å². The number of rotatable bonds is 3. The number of carboxylic acid groups (broad SMARTS) is 1. The van der Waals surface area contributed by atoms with Gasteiger partial charge in [-0.1, -0.05) is 0 Å². The van der Waals surface area contributed by atoms with Gasteiger partial charge < -0.3 is 19.0 Å². The minimum atomic E-state index is -0.827. The quantitative estimate of drug-likeness (QED) is 0.763. The van der Waals surface area contributed by atoms with Crippen molar-refractivity contribution in [2.75, 3.05) is 0 Å². The van der Waals surface area contributed by atoms with E-state index in [1.54, 1.807) is 12.1 Å². The molecule has 0 aliphatic heterocycles. The summed E-state index contributed by atoms with van der Waals surface area (Å²) in [5.74, 6) is -0.782. The molecule has 1 aliphatic carbocycles. The molecule has 0 amide bonds. The molecule has 0 bridgehead atoms. The zero-order chi connectivity index (χ0) is 13.9. The molecule has 2 N–H and O–H groups in total. The van der Waals surface area contributed by atoms with Crippen molar-refractivity contribution >= 4 is 27.9 Å². The van der Waals surface area contributed by atoms with Crippen LogP contribution in [0.4, 0.5) is 0 Å². The van der Waals surface area contributed by atoms with Gasteiger partial charge in [0, 0.05) is 16.4 Å². The van der Waals surface area contributed by atoms with Crippen LogP contribution in [-0.4, -0.2) is 16.2 Å². The summed E-state index contributed by atoms with van der Waals surface area (Å²) in [5.41, 5.74) is 1.40. The number of phenols is 1. The Morgan fingerprint density at radius 2 is 1.80 bits per heavy atom. The predicted molar refractivity (Wildman–Crippen MR) is 70.8 cm³/mol. The molecule has 0 saturated heterocycles. The second-order valence-corrected chi connectivity index (χ2v) is 5.40. The van der Waals surface area contributed by atoms with Crippen molar-refractivity contribution in [1.29, 1.82) is 0 Å². The van der Waals surface area contributed by atoms with Crippen molar-refractivity contribution in [1.82, 2.24) is 0 Å². The van der Waals surface area contributed by atoms with Crippen LogP contribution in [0.1, 0.15) is 24.8 Å². The molecule has 5 heteroatoms. The van der Waals surface area contributed by atoms with Crippen molar-refractivity contribution in [2.24, 2.45) is 0 Å². The van der Waals surface area contributed by atoms with E-state index >= 15 is 0 Å². The lowest BCUT2D eigenvalue weighted by Gasteiger charge is -2.15. The average molecular weight is 272 g/mol. The highest BCUT2D eigenvalue weighted by Gasteiger charge is 2.49. The Hall–Kier alpha value is -2.43. The van der Waals surface area contributed by atoms with Crippen LogP contribution in [0.3, 0.4) is 0 Å². The minimum absolute atomic E-state index is 0.0450. The zero-order valence-corrected chi connectivity index (χ0v) is 10.5. The van der Waals surface area contributed by atoms with E-state index in [0.717, 1.165) is 23.8 Å². The Labute approximate surface area is 113 Å². The molecule has 3 aromatic rings. The smallest absolute Gasteiger partial charge is 0.304 e.